The predicted octanol–water partition coefficient (Wildman–Crippen LogP) is 3.18. The summed E-state index contributed by atoms with van der Waals surface area (Å²) in [6.45, 7) is 2.21. The number of amides is 1. The molecule has 1 aromatic heterocycles. The van der Waals surface area contributed by atoms with Crippen LogP contribution in [0.4, 0.5) is 10.8 Å². The lowest BCUT2D eigenvalue weighted by molar-refractivity contribution is -0.385. The number of thiazole rings is 1. The number of hydrogen-bond donors (Lipinski definition) is 0. The van der Waals surface area contributed by atoms with E-state index in [2.05, 4.69) is 4.90 Å². The number of carbonyl (C=O) groups is 1. The maximum atomic E-state index is 12.8. The quantitative estimate of drug-likeness (QED) is 0.495. The molecule has 0 radical (unpaired) electrons. The van der Waals surface area contributed by atoms with Crippen molar-refractivity contribution in [3.8, 4) is 5.75 Å². The van der Waals surface area contributed by atoms with Gasteiger partial charge >= 0.3 is 0 Å². The molecule has 8 nitrogen and oxygen atoms in total. The van der Waals surface area contributed by atoms with Crippen molar-refractivity contribution >= 4 is 38.3 Å². The number of methoxy groups -OCH3 is 1. The second-order valence-electron chi connectivity index (χ2n) is 6.36. The molecule has 4 rings (SSSR count). The number of nitro benzene ring substituents is 1. The summed E-state index contributed by atoms with van der Waals surface area (Å²) in [5.41, 5.74) is 0.808. The van der Waals surface area contributed by atoms with Gasteiger partial charge in [0, 0.05) is 32.2 Å². The number of anilines is 1. The first-order chi connectivity index (χ1) is 13.6. The fourth-order valence-corrected chi connectivity index (χ4v) is 4.33. The van der Waals surface area contributed by atoms with Crippen LogP contribution in [0, 0.1) is 10.1 Å². The van der Waals surface area contributed by atoms with Crippen molar-refractivity contribution in [2.24, 2.45) is 0 Å². The van der Waals surface area contributed by atoms with E-state index in [1.54, 1.807) is 35.5 Å². The van der Waals surface area contributed by atoms with Gasteiger partial charge in [-0.3, -0.25) is 14.9 Å². The lowest BCUT2D eigenvalue weighted by atomic mass is 10.1. The number of hydrogen-bond acceptors (Lipinski definition) is 7. The summed E-state index contributed by atoms with van der Waals surface area (Å²) < 4.78 is 6.42. The summed E-state index contributed by atoms with van der Waals surface area (Å²) in [7, 11) is 1.63. The van der Waals surface area contributed by atoms with Crippen LogP contribution in [0.2, 0.25) is 0 Å². The minimum Gasteiger partial charge on any atom is -0.494 e. The van der Waals surface area contributed by atoms with Crippen LogP contribution in [0.15, 0.2) is 42.5 Å². The molecule has 28 heavy (non-hydrogen) atoms. The van der Waals surface area contributed by atoms with Crippen LogP contribution >= 0.6 is 11.3 Å². The van der Waals surface area contributed by atoms with Crippen molar-refractivity contribution in [3.63, 3.8) is 0 Å². The van der Waals surface area contributed by atoms with Gasteiger partial charge in [-0.1, -0.05) is 29.5 Å². The number of nitro groups is 1. The number of carbonyl (C=O) groups excluding carboxylic acids is 1. The molecule has 144 valence electrons. The number of ether oxygens (including phenoxy) is 1. The molecule has 0 bridgehead atoms. The number of para-hydroxylation sites is 2. The molecule has 0 aliphatic carbocycles. The Balaban J connectivity index is 1.49. The lowest BCUT2D eigenvalue weighted by Gasteiger charge is -2.34. The van der Waals surface area contributed by atoms with Gasteiger partial charge in [0.25, 0.3) is 11.6 Å². The van der Waals surface area contributed by atoms with Crippen molar-refractivity contribution < 1.29 is 14.5 Å². The van der Waals surface area contributed by atoms with Crippen molar-refractivity contribution in [3.05, 3.63) is 58.1 Å². The van der Waals surface area contributed by atoms with E-state index in [9.17, 15) is 14.9 Å². The number of benzene rings is 2. The van der Waals surface area contributed by atoms with Crippen LogP contribution in [-0.2, 0) is 0 Å². The number of nitrogens with zero attached hydrogens (tertiary/aromatic N) is 4. The van der Waals surface area contributed by atoms with Crippen LogP contribution in [0.3, 0.4) is 0 Å². The molecule has 1 saturated heterocycles. The van der Waals surface area contributed by atoms with E-state index >= 15 is 0 Å². The van der Waals surface area contributed by atoms with Gasteiger partial charge < -0.3 is 14.5 Å². The Kier molecular flexibility index (Phi) is 4.82. The fourth-order valence-electron chi connectivity index (χ4n) is 3.30. The van der Waals surface area contributed by atoms with Crippen molar-refractivity contribution in [2.45, 2.75) is 0 Å². The Bertz CT molecular complexity index is 1040. The minimum absolute atomic E-state index is 0.130. The molecule has 3 aromatic rings. The summed E-state index contributed by atoms with van der Waals surface area (Å²) in [6, 6.07) is 11.9. The van der Waals surface area contributed by atoms with Crippen LogP contribution < -0.4 is 9.64 Å². The van der Waals surface area contributed by atoms with Gasteiger partial charge in [-0.25, -0.2) is 4.98 Å². The highest BCUT2D eigenvalue weighted by molar-refractivity contribution is 7.22. The molecular weight excluding hydrogens is 380 g/mol. The van der Waals surface area contributed by atoms with Gasteiger partial charge in [-0.15, -0.1) is 0 Å². The first kappa shape index (κ1) is 18.2. The normalized spacial score (nSPS) is 14.3. The van der Waals surface area contributed by atoms with Gasteiger partial charge in [0.05, 0.1) is 16.7 Å². The summed E-state index contributed by atoms with van der Waals surface area (Å²) >= 11 is 1.59. The van der Waals surface area contributed by atoms with E-state index in [4.69, 9.17) is 9.72 Å². The molecule has 1 aliphatic rings. The summed E-state index contributed by atoms with van der Waals surface area (Å²) in [4.78, 5) is 31.9. The Labute approximate surface area is 165 Å². The summed E-state index contributed by atoms with van der Waals surface area (Å²) in [6.07, 6.45) is 0. The molecule has 1 fully saturated rings. The van der Waals surface area contributed by atoms with Gasteiger partial charge in [-0.05, 0) is 18.2 Å². The number of fused-ring (bicyclic) bond motifs is 1. The zero-order valence-electron chi connectivity index (χ0n) is 15.2. The van der Waals surface area contributed by atoms with E-state index in [-0.39, 0.29) is 17.2 Å². The third-order valence-electron chi connectivity index (χ3n) is 4.76. The molecule has 0 spiro atoms. The maximum Gasteiger partial charge on any atom is 0.282 e. The minimum atomic E-state index is -0.516. The highest BCUT2D eigenvalue weighted by atomic mass is 32.1. The summed E-state index contributed by atoms with van der Waals surface area (Å²) in [5, 5.41) is 12.1. The molecule has 0 N–H and O–H groups in total. The smallest absolute Gasteiger partial charge is 0.282 e. The largest absolute Gasteiger partial charge is 0.494 e. The third-order valence-corrected chi connectivity index (χ3v) is 5.84. The van der Waals surface area contributed by atoms with E-state index < -0.39 is 4.92 Å². The van der Waals surface area contributed by atoms with E-state index in [0.717, 1.165) is 21.1 Å². The molecule has 9 heteroatoms. The topological polar surface area (TPSA) is 88.8 Å². The predicted molar refractivity (Wildman–Crippen MR) is 107 cm³/mol. The Morgan fingerprint density at radius 1 is 1.14 bits per heavy atom. The van der Waals surface area contributed by atoms with Gasteiger partial charge in [0.1, 0.15) is 16.8 Å². The van der Waals surface area contributed by atoms with Crippen molar-refractivity contribution in [1.82, 2.24) is 9.88 Å². The average molecular weight is 398 g/mol. The highest BCUT2D eigenvalue weighted by Crippen LogP contribution is 2.34. The number of aromatic nitrogens is 1. The zero-order chi connectivity index (χ0) is 19.7. The summed E-state index contributed by atoms with van der Waals surface area (Å²) in [5.74, 6) is 0.433. The molecule has 2 aromatic carbocycles. The first-order valence-corrected chi connectivity index (χ1v) is 9.61. The Morgan fingerprint density at radius 2 is 1.89 bits per heavy atom. The van der Waals surface area contributed by atoms with Gasteiger partial charge in [0.2, 0.25) is 0 Å². The third kappa shape index (κ3) is 3.24. The first-order valence-electron chi connectivity index (χ1n) is 8.79. The van der Waals surface area contributed by atoms with Gasteiger partial charge in [-0.2, -0.15) is 0 Å². The van der Waals surface area contributed by atoms with Crippen LogP contribution in [0.1, 0.15) is 10.4 Å². The van der Waals surface area contributed by atoms with Gasteiger partial charge in [0.15, 0.2) is 5.13 Å². The van der Waals surface area contributed by atoms with Crippen LogP contribution in [0.5, 0.6) is 5.75 Å². The molecule has 2 heterocycles. The number of rotatable bonds is 4. The zero-order valence-corrected chi connectivity index (χ0v) is 16.0. The Hall–Kier alpha value is -3.20. The lowest BCUT2D eigenvalue weighted by Crippen LogP contribution is -2.48. The standard InChI is InChI=1S/C19H18N4O4S/c1-27-15-7-4-8-16-17(15)20-19(28-16)22-11-9-21(10-12-22)18(24)13-5-2-3-6-14(13)23(25)26/h2-8H,9-12H2,1H3. The van der Waals surface area contributed by atoms with E-state index in [1.807, 2.05) is 18.2 Å². The second-order valence-corrected chi connectivity index (χ2v) is 7.37. The monoisotopic (exact) mass is 398 g/mol. The molecule has 0 saturated carbocycles. The Morgan fingerprint density at radius 3 is 2.61 bits per heavy atom. The highest BCUT2D eigenvalue weighted by Gasteiger charge is 2.28. The number of piperazine rings is 1. The molecule has 1 aliphatic heterocycles. The molecular formula is C19H18N4O4S. The average Bonchev–Trinajstić information content (AvgIpc) is 3.17. The van der Waals surface area contributed by atoms with Crippen molar-refractivity contribution in [1.29, 1.82) is 0 Å². The molecule has 0 atom stereocenters. The molecule has 1 amide bonds. The van der Waals surface area contributed by atoms with E-state index in [1.165, 1.54) is 12.1 Å². The maximum absolute atomic E-state index is 12.8. The van der Waals surface area contributed by atoms with Crippen LogP contribution in [-0.4, -0.2) is 54.0 Å². The van der Waals surface area contributed by atoms with Crippen LogP contribution in [0.25, 0.3) is 10.2 Å². The molecule has 0 unspecified atom stereocenters. The fraction of sp³-hybridized carbons (Fsp3) is 0.263. The second kappa shape index (κ2) is 7.43. The SMILES string of the molecule is COc1cccc2sc(N3CCN(C(=O)c4ccccc4[N+](=O)[O-])CC3)nc12. The van der Waals surface area contributed by atoms with E-state index in [0.29, 0.717) is 26.2 Å². The van der Waals surface area contributed by atoms with Crippen molar-refractivity contribution in [2.75, 3.05) is 38.2 Å².